The molecular weight excluding hydrogens is 458 g/mol. The van der Waals surface area contributed by atoms with Crippen LogP contribution >= 0.6 is 11.8 Å². The van der Waals surface area contributed by atoms with Gasteiger partial charge in [0.2, 0.25) is 0 Å². The number of carbonyl (C=O) groups is 1. The number of aliphatic hydroxyl groups is 1. The third-order valence-electron chi connectivity index (χ3n) is 6.13. The average molecular weight is 490 g/mol. The molecule has 8 heteroatoms. The highest BCUT2D eigenvalue weighted by Crippen LogP contribution is 2.41. The van der Waals surface area contributed by atoms with Gasteiger partial charge in [-0.1, -0.05) is 48.2 Å². The molecule has 35 heavy (non-hydrogen) atoms. The Morgan fingerprint density at radius 1 is 1.31 bits per heavy atom. The minimum absolute atomic E-state index is 0.0892. The molecule has 7 nitrogen and oxygen atoms in total. The number of aliphatic hydroxyl groups excluding tert-OH is 1. The van der Waals surface area contributed by atoms with Crippen LogP contribution < -0.4 is 10.6 Å². The first-order chi connectivity index (χ1) is 16.5. The number of thioether (sulfide) groups is 1. The zero-order chi connectivity index (χ0) is 25.8. The predicted molar refractivity (Wildman–Crippen MR) is 146 cm³/mol. The van der Waals surface area contributed by atoms with Gasteiger partial charge in [-0.15, -0.1) is 0 Å². The lowest BCUT2D eigenvalue weighted by Gasteiger charge is -2.17. The fourth-order valence-electron chi connectivity index (χ4n) is 3.39. The SMILES string of the molecule is C=C(/C=C\C=C(/C)C(C)(C)C#N)[C@H](O)Nc1ccc(C)c(NC(=O)C2=C(C)[C@H]3N=CC=NC3S2)c1. The third kappa shape index (κ3) is 6.18. The standard InChI is InChI=1S/C27H31N5O2S/c1-16-10-11-20(31-24(33)17(2)8-7-9-18(3)27(5,6)15-28)14-21(16)32-25(34)23-19(4)22-26(35-23)30-13-12-29-22/h7-14,22,24,26,31,33H,2H2,1,3-6H3,(H,32,34)/b8-7-,18-9+/t22-,24+,26?/m1/s1. The molecule has 0 fully saturated rings. The highest BCUT2D eigenvalue weighted by molar-refractivity contribution is 8.05. The lowest BCUT2D eigenvalue weighted by molar-refractivity contribution is -0.112. The van der Waals surface area contributed by atoms with Gasteiger partial charge in [0.05, 0.1) is 16.4 Å². The molecule has 1 aromatic rings. The molecule has 1 unspecified atom stereocenters. The first kappa shape index (κ1) is 26.2. The van der Waals surface area contributed by atoms with Gasteiger partial charge in [0, 0.05) is 23.8 Å². The van der Waals surface area contributed by atoms with Crippen molar-refractivity contribution in [3.05, 3.63) is 70.2 Å². The number of nitriles is 1. The number of aliphatic imine (C=N–C) groups is 2. The van der Waals surface area contributed by atoms with E-state index in [1.165, 1.54) is 11.8 Å². The van der Waals surface area contributed by atoms with Crippen LogP contribution in [0.2, 0.25) is 0 Å². The molecule has 1 aromatic carbocycles. The maximum atomic E-state index is 13.0. The van der Waals surface area contributed by atoms with Gasteiger partial charge < -0.3 is 15.7 Å². The maximum Gasteiger partial charge on any atom is 0.262 e. The summed E-state index contributed by atoms with van der Waals surface area (Å²) in [6, 6.07) is 7.65. The van der Waals surface area contributed by atoms with Crippen LogP contribution in [0.1, 0.15) is 33.3 Å². The number of nitrogens with zero attached hydrogens (tertiary/aromatic N) is 3. The van der Waals surface area contributed by atoms with Crippen molar-refractivity contribution in [2.75, 3.05) is 10.6 Å². The first-order valence-electron chi connectivity index (χ1n) is 11.3. The summed E-state index contributed by atoms with van der Waals surface area (Å²) in [5.74, 6) is -0.192. The highest BCUT2D eigenvalue weighted by Gasteiger charge is 2.36. The fraction of sp³-hybridized carbons (Fsp3) is 0.333. The van der Waals surface area contributed by atoms with Crippen molar-refractivity contribution in [3.63, 3.8) is 0 Å². The van der Waals surface area contributed by atoms with Gasteiger partial charge in [0.15, 0.2) is 0 Å². The van der Waals surface area contributed by atoms with Crippen LogP contribution in [-0.4, -0.2) is 41.1 Å². The van der Waals surface area contributed by atoms with Crippen molar-refractivity contribution >= 4 is 41.5 Å². The molecule has 3 N–H and O–H groups in total. The van der Waals surface area contributed by atoms with Gasteiger partial charge in [-0.25, -0.2) is 0 Å². The van der Waals surface area contributed by atoms with Crippen LogP contribution in [0.5, 0.6) is 0 Å². The van der Waals surface area contributed by atoms with Crippen molar-refractivity contribution in [1.82, 2.24) is 0 Å². The van der Waals surface area contributed by atoms with Crippen molar-refractivity contribution in [3.8, 4) is 6.07 Å². The van der Waals surface area contributed by atoms with Crippen LogP contribution in [0.15, 0.2) is 74.6 Å². The first-order valence-corrected chi connectivity index (χ1v) is 12.2. The lowest BCUT2D eigenvalue weighted by Crippen LogP contribution is -2.20. The maximum absolute atomic E-state index is 13.0. The number of hydrogen-bond acceptors (Lipinski definition) is 7. The minimum atomic E-state index is -1.02. The Morgan fingerprint density at radius 3 is 2.71 bits per heavy atom. The summed E-state index contributed by atoms with van der Waals surface area (Å²) >= 11 is 1.43. The van der Waals surface area contributed by atoms with Gasteiger partial charge >= 0.3 is 0 Å². The molecule has 0 bridgehead atoms. The number of allylic oxidation sites excluding steroid dienone is 3. The zero-order valence-electron chi connectivity index (χ0n) is 20.7. The Kier molecular flexibility index (Phi) is 8.15. The number of nitrogens with one attached hydrogen (secondary N) is 2. The van der Waals surface area contributed by atoms with E-state index in [1.54, 1.807) is 30.6 Å². The molecule has 2 aliphatic rings. The highest BCUT2D eigenvalue weighted by atomic mass is 32.2. The van der Waals surface area contributed by atoms with Crippen LogP contribution in [0.4, 0.5) is 11.4 Å². The summed E-state index contributed by atoms with van der Waals surface area (Å²) in [6.45, 7) is 13.3. The number of anilines is 2. The molecule has 3 rings (SSSR count). The fourth-order valence-corrected chi connectivity index (χ4v) is 4.63. The van der Waals surface area contributed by atoms with Gasteiger partial charge in [0.25, 0.3) is 5.91 Å². The second-order valence-electron chi connectivity index (χ2n) is 9.11. The third-order valence-corrected chi connectivity index (χ3v) is 7.49. The average Bonchev–Trinajstić information content (AvgIpc) is 3.17. The zero-order valence-corrected chi connectivity index (χ0v) is 21.5. The van der Waals surface area contributed by atoms with E-state index in [0.717, 1.165) is 16.7 Å². The van der Waals surface area contributed by atoms with Gasteiger partial charge in [-0.2, -0.15) is 5.26 Å². The molecular formula is C27H31N5O2S. The summed E-state index contributed by atoms with van der Waals surface area (Å²) < 4.78 is 0. The molecule has 0 aromatic heterocycles. The molecule has 0 aliphatic carbocycles. The Labute approximate surface area is 211 Å². The summed E-state index contributed by atoms with van der Waals surface area (Å²) in [6.07, 6.45) is 7.62. The van der Waals surface area contributed by atoms with Gasteiger partial charge in [0.1, 0.15) is 17.6 Å². The van der Waals surface area contributed by atoms with E-state index in [2.05, 4.69) is 33.3 Å². The monoisotopic (exact) mass is 489 g/mol. The molecule has 0 saturated carbocycles. The van der Waals surface area contributed by atoms with E-state index < -0.39 is 11.6 Å². The van der Waals surface area contributed by atoms with Crippen LogP contribution in [0.3, 0.4) is 0 Å². The molecule has 0 saturated heterocycles. The Morgan fingerprint density at radius 2 is 2.03 bits per heavy atom. The summed E-state index contributed by atoms with van der Waals surface area (Å²) in [4.78, 5) is 22.5. The molecule has 182 valence electrons. The van der Waals surface area contributed by atoms with E-state index in [4.69, 9.17) is 0 Å². The van der Waals surface area contributed by atoms with Crippen LogP contribution in [0.25, 0.3) is 0 Å². The Balaban J connectivity index is 1.66. The van der Waals surface area contributed by atoms with E-state index in [-0.39, 0.29) is 17.3 Å². The normalized spacial score (nSPS) is 20.5. The van der Waals surface area contributed by atoms with Crippen molar-refractivity contribution in [1.29, 1.82) is 5.26 Å². The van der Waals surface area contributed by atoms with Gasteiger partial charge in [-0.05, 0) is 63.5 Å². The van der Waals surface area contributed by atoms with Crippen molar-refractivity contribution in [2.45, 2.75) is 52.3 Å². The number of amides is 1. The molecule has 3 atom stereocenters. The number of benzene rings is 1. The molecule has 0 radical (unpaired) electrons. The second-order valence-corrected chi connectivity index (χ2v) is 10.2. The smallest absolute Gasteiger partial charge is 0.262 e. The number of aryl methyl sites for hydroxylation is 1. The molecule has 2 aliphatic heterocycles. The van der Waals surface area contributed by atoms with Crippen LogP contribution in [0, 0.1) is 23.7 Å². The minimum Gasteiger partial charge on any atom is -0.369 e. The van der Waals surface area contributed by atoms with Gasteiger partial charge in [-0.3, -0.25) is 14.8 Å². The summed E-state index contributed by atoms with van der Waals surface area (Å²) in [7, 11) is 0. The number of fused-ring (bicyclic) bond motifs is 1. The Bertz CT molecular complexity index is 1220. The topological polar surface area (TPSA) is 110 Å². The number of hydrogen-bond donors (Lipinski definition) is 3. The van der Waals surface area contributed by atoms with E-state index in [1.807, 2.05) is 52.8 Å². The quantitative estimate of drug-likeness (QED) is 0.346. The van der Waals surface area contributed by atoms with E-state index >= 15 is 0 Å². The van der Waals surface area contributed by atoms with Crippen molar-refractivity contribution < 1.29 is 9.90 Å². The molecule has 1 amide bonds. The lowest BCUT2D eigenvalue weighted by atomic mass is 9.87. The Hall–Kier alpha value is -3.41. The second kappa shape index (κ2) is 10.9. The van der Waals surface area contributed by atoms with Crippen molar-refractivity contribution in [2.24, 2.45) is 15.4 Å². The summed E-state index contributed by atoms with van der Waals surface area (Å²) in [5, 5.41) is 25.7. The molecule has 2 heterocycles. The number of rotatable bonds is 8. The van der Waals surface area contributed by atoms with Crippen LogP contribution in [-0.2, 0) is 4.79 Å². The predicted octanol–water partition coefficient (Wildman–Crippen LogP) is 5.14. The number of carbonyl (C=O) groups excluding carboxylic acids is 1. The molecule has 0 spiro atoms. The van der Waals surface area contributed by atoms with E-state index in [9.17, 15) is 15.2 Å². The van der Waals surface area contributed by atoms with E-state index in [0.29, 0.717) is 21.9 Å². The summed E-state index contributed by atoms with van der Waals surface area (Å²) in [5.41, 5.74) is 3.91. The largest absolute Gasteiger partial charge is 0.369 e.